The standard InChI is InChI=1S/C14H25NO3/c1-11-9-14(17-10-11)5-7-15(8-6-14)12(16)18-13(2,3)4/h11H,5-10H2,1-4H3/t11-/m0/s1. The molecule has 0 aliphatic carbocycles. The molecule has 2 aliphatic heterocycles. The minimum absolute atomic E-state index is 0.0396. The number of carbonyl (C=O) groups excluding carboxylic acids is 1. The largest absolute Gasteiger partial charge is 0.444 e. The highest BCUT2D eigenvalue weighted by molar-refractivity contribution is 5.68. The van der Waals surface area contributed by atoms with Crippen molar-refractivity contribution in [3.05, 3.63) is 0 Å². The van der Waals surface area contributed by atoms with Crippen molar-refractivity contribution in [2.75, 3.05) is 19.7 Å². The number of carbonyl (C=O) groups is 1. The Kier molecular flexibility index (Phi) is 3.58. The highest BCUT2D eigenvalue weighted by Crippen LogP contribution is 2.38. The topological polar surface area (TPSA) is 38.8 Å². The summed E-state index contributed by atoms with van der Waals surface area (Å²) in [5, 5.41) is 0. The van der Waals surface area contributed by atoms with E-state index in [0.29, 0.717) is 5.92 Å². The number of hydrogen-bond donors (Lipinski definition) is 0. The molecule has 0 saturated carbocycles. The molecule has 2 aliphatic rings. The van der Waals surface area contributed by atoms with Gasteiger partial charge < -0.3 is 14.4 Å². The van der Waals surface area contributed by atoms with Crippen LogP contribution in [0.25, 0.3) is 0 Å². The third-order valence-electron chi connectivity index (χ3n) is 3.72. The molecule has 1 spiro atoms. The van der Waals surface area contributed by atoms with Gasteiger partial charge in [0.1, 0.15) is 5.60 Å². The first-order valence-corrected chi connectivity index (χ1v) is 6.92. The monoisotopic (exact) mass is 255 g/mol. The van der Waals surface area contributed by atoms with Gasteiger partial charge in [-0.1, -0.05) is 6.92 Å². The maximum absolute atomic E-state index is 11.9. The summed E-state index contributed by atoms with van der Waals surface area (Å²) in [5.41, 5.74) is -0.373. The Morgan fingerprint density at radius 1 is 1.33 bits per heavy atom. The fourth-order valence-electron chi connectivity index (χ4n) is 2.84. The molecule has 0 radical (unpaired) electrons. The average molecular weight is 255 g/mol. The summed E-state index contributed by atoms with van der Waals surface area (Å²) in [6.45, 7) is 10.3. The van der Waals surface area contributed by atoms with Gasteiger partial charge in [0.15, 0.2) is 0 Å². The van der Waals surface area contributed by atoms with E-state index in [0.717, 1.165) is 39.0 Å². The number of piperidine rings is 1. The van der Waals surface area contributed by atoms with Crippen molar-refractivity contribution in [2.24, 2.45) is 5.92 Å². The molecule has 2 rings (SSSR count). The lowest BCUT2D eigenvalue weighted by Crippen LogP contribution is -2.47. The van der Waals surface area contributed by atoms with Crippen molar-refractivity contribution in [3.63, 3.8) is 0 Å². The number of rotatable bonds is 0. The third kappa shape index (κ3) is 3.16. The van der Waals surface area contributed by atoms with E-state index in [1.807, 2.05) is 25.7 Å². The minimum Gasteiger partial charge on any atom is -0.444 e. The molecule has 0 unspecified atom stereocenters. The van der Waals surface area contributed by atoms with E-state index >= 15 is 0 Å². The van der Waals surface area contributed by atoms with Crippen LogP contribution in [0.2, 0.25) is 0 Å². The van der Waals surface area contributed by atoms with Gasteiger partial charge in [0.05, 0.1) is 5.60 Å². The fraction of sp³-hybridized carbons (Fsp3) is 0.929. The quantitative estimate of drug-likeness (QED) is 0.668. The lowest BCUT2D eigenvalue weighted by molar-refractivity contribution is -0.0486. The van der Waals surface area contributed by atoms with Gasteiger partial charge in [-0.2, -0.15) is 0 Å². The van der Waals surface area contributed by atoms with E-state index in [9.17, 15) is 4.79 Å². The first kappa shape index (κ1) is 13.7. The van der Waals surface area contributed by atoms with Crippen LogP contribution in [-0.4, -0.2) is 41.9 Å². The summed E-state index contributed by atoms with van der Waals surface area (Å²) in [6.07, 6.45) is 2.82. The van der Waals surface area contributed by atoms with E-state index in [1.54, 1.807) is 0 Å². The molecule has 0 aromatic carbocycles. The Morgan fingerprint density at radius 2 is 1.94 bits per heavy atom. The SMILES string of the molecule is C[C@@H]1COC2(CCN(C(=O)OC(C)(C)C)CC2)C1. The van der Waals surface area contributed by atoms with Crippen molar-refractivity contribution < 1.29 is 14.3 Å². The predicted molar refractivity (Wildman–Crippen MR) is 69.5 cm³/mol. The molecule has 0 N–H and O–H groups in total. The molecule has 104 valence electrons. The normalized spacial score (nSPS) is 27.6. The second kappa shape index (κ2) is 4.72. The van der Waals surface area contributed by atoms with Crippen molar-refractivity contribution in [2.45, 2.75) is 58.2 Å². The second-order valence-electron chi connectivity index (χ2n) is 6.77. The van der Waals surface area contributed by atoms with E-state index in [1.165, 1.54) is 0 Å². The van der Waals surface area contributed by atoms with Gasteiger partial charge in [0.25, 0.3) is 0 Å². The first-order valence-electron chi connectivity index (χ1n) is 6.92. The van der Waals surface area contributed by atoms with Crippen LogP contribution < -0.4 is 0 Å². The van der Waals surface area contributed by atoms with E-state index in [-0.39, 0.29) is 11.7 Å². The van der Waals surface area contributed by atoms with Gasteiger partial charge in [-0.3, -0.25) is 0 Å². The van der Waals surface area contributed by atoms with E-state index in [4.69, 9.17) is 9.47 Å². The molecule has 1 atom stereocenters. The van der Waals surface area contributed by atoms with Crippen LogP contribution in [-0.2, 0) is 9.47 Å². The Balaban J connectivity index is 1.85. The smallest absolute Gasteiger partial charge is 0.410 e. The van der Waals surface area contributed by atoms with Crippen LogP contribution in [0, 0.1) is 5.92 Å². The van der Waals surface area contributed by atoms with Crippen molar-refractivity contribution in [1.29, 1.82) is 0 Å². The summed E-state index contributed by atoms with van der Waals surface area (Å²) in [6, 6.07) is 0. The Hall–Kier alpha value is -0.770. The Morgan fingerprint density at radius 3 is 2.39 bits per heavy atom. The van der Waals surface area contributed by atoms with Gasteiger partial charge in [0.2, 0.25) is 0 Å². The number of amides is 1. The Bertz CT molecular complexity index is 313. The van der Waals surface area contributed by atoms with E-state index < -0.39 is 5.60 Å². The lowest BCUT2D eigenvalue weighted by atomic mass is 9.86. The van der Waals surface area contributed by atoms with Crippen molar-refractivity contribution >= 4 is 6.09 Å². The fourth-order valence-corrected chi connectivity index (χ4v) is 2.84. The predicted octanol–water partition coefficient (Wildman–Crippen LogP) is 2.81. The number of likely N-dealkylation sites (tertiary alicyclic amines) is 1. The molecule has 2 fully saturated rings. The molecule has 0 aromatic rings. The van der Waals surface area contributed by atoms with Crippen LogP contribution >= 0.6 is 0 Å². The zero-order chi connectivity index (χ0) is 13.4. The van der Waals surface area contributed by atoms with Gasteiger partial charge in [-0.15, -0.1) is 0 Å². The minimum atomic E-state index is -0.412. The number of hydrogen-bond acceptors (Lipinski definition) is 3. The van der Waals surface area contributed by atoms with Crippen molar-refractivity contribution in [3.8, 4) is 0 Å². The molecular weight excluding hydrogens is 230 g/mol. The van der Waals surface area contributed by atoms with Gasteiger partial charge >= 0.3 is 6.09 Å². The zero-order valence-electron chi connectivity index (χ0n) is 12.0. The van der Waals surface area contributed by atoms with Gasteiger partial charge in [0, 0.05) is 19.7 Å². The molecule has 1 amide bonds. The molecule has 2 saturated heterocycles. The second-order valence-corrected chi connectivity index (χ2v) is 6.77. The highest BCUT2D eigenvalue weighted by atomic mass is 16.6. The molecule has 0 bridgehead atoms. The first-order chi connectivity index (χ1) is 8.30. The van der Waals surface area contributed by atoms with Gasteiger partial charge in [-0.25, -0.2) is 4.79 Å². The molecule has 4 nitrogen and oxygen atoms in total. The summed E-state index contributed by atoms with van der Waals surface area (Å²) in [5.74, 6) is 0.651. The number of ether oxygens (including phenoxy) is 2. The van der Waals surface area contributed by atoms with Crippen LogP contribution in [0.1, 0.15) is 47.0 Å². The third-order valence-corrected chi connectivity index (χ3v) is 3.72. The Labute approximate surface area is 110 Å². The van der Waals surface area contributed by atoms with Crippen LogP contribution in [0.5, 0.6) is 0 Å². The van der Waals surface area contributed by atoms with E-state index in [2.05, 4.69) is 6.92 Å². The molecule has 18 heavy (non-hydrogen) atoms. The van der Waals surface area contributed by atoms with Crippen LogP contribution in [0.4, 0.5) is 4.79 Å². The lowest BCUT2D eigenvalue weighted by Gasteiger charge is -2.39. The maximum Gasteiger partial charge on any atom is 0.410 e. The molecule has 2 heterocycles. The molecule has 4 heteroatoms. The molecular formula is C14H25NO3. The summed E-state index contributed by atoms with van der Waals surface area (Å²) in [7, 11) is 0. The summed E-state index contributed by atoms with van der Waals surface area (Å²) in [4.78, 5) is 13.8. The van der Waals surface area contributed by atoms with Crippen LogP contribution in [0.3, 0.4) is 0 Å². The summed E-state index contributed by atoms with van der Waals surface area (Å²) >= 11 is 0. The number of nitrogens with zero attached hydrogens (tertiary/aromatic N) is 1. The zero-order valence-corrected chi connectivity index (χ0v) is 12.0. The summed E-state index contributed by atoms with van der Waals surface area (Å²) < 4.78 is 11.3. The van der Waals surface area contributed by atoms with Crippen LogP contribution in [0.15, 0.2) is 0 Å². The molecule has 0 aromatic heterocycles. The highest BCUT2D eigenvalue weighted by Gasteiger charge is 2.42. The maximum atomic E-state index is 11.9. The van der Waals surface area contributed by atoms with Gasteiger partial charge in [-0.05, 0) is 46.0 Å². The average Bonchev–Trinajstić information content (AvgIpc) is 2.58. The van der Waals surface area contributed by atoms with Crippen molar-refractivity contribution in [1.82, 2.24) is 4.90 Å².